The number of hydrogen-bond acceptors (Lipinski definition) is 4. The molecule has 0 spiro atoms. The molecule has 6 heteroatoms. The zero-order valence-corrected chi connectivity index (χ0v) is 14.8. The summed E-state index contributed by atoms with van der Waals surface area (Å²) in [5, 5.41) is 2.81. The van der Waals surface area contributed by atoms with E-state index >= 15 is 0 Å². The number of likely N-dealkylation sites (tertiary alicyclic amines) is 1. The molecule has 0 radical (unpaired) electrons. The van der Waals surface area contributed by atoms with Crippen LogP contribution in [0.5, 0.6) is 0 Å². The molecule has 0 aliphatic carbocycles. The first-order valence-corrected chi connectivity index (χ1v) is 8.92. The topological polar surface area (TPSA) is 65.5 Å². The molecule has 0 aromatic carbocycles. The largest absolute Gasteiger partial charge is 0.357 e. The Kier molecular flexibility index (Phi) is 7.03. The average molecular weight is 332 g/mol. The molecule has 6 nitrogen and oxygen atoms in total. The minimum Gasteiger partial charge on any atom is -0.357 e. The van der Waals surface area contributed by atoms with Crippen LogP contribution in [0.25, 0.3) is 0 Å². The van der Waals surface area contributed by atoms with Crippen LogP contribution in [0.3, 0.4) is 0 Å². The number of hydrogen-bond donors (Lipinski definition) is 1. The van der Waals surface area contributed by atoms with Crippen LogP contribution in [0.4, 0.5) is 5.82 Å². The van der Waals surface area contributed by atoms with Gasteiger partial charge >= 0.3 is 0 Å². The molecule has 1 fully saturated rings. The van der Waals surface area contributed by atoms with Crippen molar-refractivity contribution in [3.05, 3.63) is 23.9 Å². The smallest absolute Gasteiger partial charge is 0.252 e. The molecule has 1 aromatic rings. The van der Waals surface area contributed by atoms with Gasteiger partial charge in [-0.2, -0.15) is 0 Å². The lowest BCUT2D eigenvalue weighted by atomic mass is 10.1. The summed E-state index contributed by atoms with van der Waals surface area (Å²) in [6.07, 6.45) is 5.33. The standard InChI is InChI=1S/C18H28N4O2/c1-3-21(4-2)16-9-8-15(14-20-16)18(24)19-11-10-17(23)22-12-6-5-7-13-22/h8-9,14H,3-7,10-13H2,1-2H3,(H,19,24). The van der Waals surface area contributed by atoms with E-state index < -0.39 is 0 Å². The summed E-state index contributed by atoms with van der Waals surface area (Å²) in [4.78, 5) is 32.6. The molecule has 132 valence electrons. The molecule has 1 aromatic heterocycles. The van der Waals surface area contributed by atoms with Crippen LogP contribution in [-0.4, -0.2) is 54.4 Å². The van der Waals surface area contributed by atoms with Crippen LogP contribution in [0.1, 0.15) is 49.9 Å². The first-order valence-electron chi connectivity index (χ1n) is 8.92. The molecular weight excluding hydrogens is 304 g/mol. The van der Waals surface area contributed by atoms with Crippen molar-refractivity contribution in [1.82, 2.24) is 15.2 Å². The van der Waals surface area contributed by atoms with Crippen molar-refractivity contribution in [1.29, 1.82) is 0 Å². The van der Waals surface area contributed by atoms with E-state index in [0.29, 0.717) is 18.5 Å². The van der Waals surface area contributed by atoms with E-state index in [9.17, 15) is 9.59 Å². The Balaban J connectivity index is 1.78. The van der Waals surface area contributed by atoms with Gasteiger partial charge in [-0.3, -0.25) is 9.59 Å². The second-order valence-electron chi connectivity index (χ2n) is 6.02. The van der Waals surface area contributed by atoms with E-state index in [4.69, 9.17) is 0 Å². The molecule has 2 heterocycles. The van der Waals surface area contributed by atoms with E-state index in [1.807, 2.05) is 11.0 Å². The fourth-order valence-corrected chi connectivity index (χ4v) is 2.94. The SMILES string of the molecule is CCN(CC)c1ccc(C(=O)NCCC(=O)N2CCCCC2)cn1. The minimum atomic E-state index is -0.181. The number of nitrogens with zero attached hydrogens (tertiary/aromatic N) is 3. The van der Waals surface area contributed by atoms with Gasteiger partial charge in [0.2, 0.25) is 5.91 Å². The van der Waals surface area contributed by atoms with Crippen LogP contribution in [0.15, 0.2) is 18.3 Å². The number of rotatable bonds is 7. The first-order chi connectivity index (χ1) is 11.7. The third kappa shape index (κ3) is 4.94. The number of carbonyl (C=O) groups excluding carboxylic acids is 2. The van der Waals surface area contributed by atoms with Gasteiger partial charge in [-0.15, -0.1) is 0 Å². The second-order valence-corrected chi connectivity index (χ2v) is 6.02. The third-order valence-electron chi connectivity index (χ3n) is 4.43. The number of piperidine rings is 1. The number of pyridine rings is 1. The van der Waals surface area contributed by atoms with E-state index in [2.05, 4.69) is 29.0 Å². The second kappa shape index (κ2) is 9.25. The molecule has 1 saturated heterocycles. The maximum absolute atomic E-state index is 12.1. The van der Waals surface area contributed by atoms with Gasteiger partial charge in [0.05, 0.1) is 5.56 Å². The average Bonchev–Trinajstić information content (AvgIpc) is 2.64. The monoisotopic (exact) mass is 332 g/mol. The van der Waals surface area contributed by atoms with Gasteiger partial charge in [0, 0.05) is 45.3 Å². The van der Waals surface area contributed by atoms with Gasteiger partial charge in [-0.25, -0.2) is 4.98 Å². The number of nitrogens with one attached hydrogen (secondary N) is 1. The Hall–Kier alpha value is -2.11. The van der Waals surface area contributed by atoms with E-state index in [1.54, 1.807) is 12.3 Å². The summed E-state index contributed by atoms with van der Waals surface area (Å²) < 4.78 is 0. The molecule has 0 saturated carbocycles. The van der Waals surface area contributed by atoms with Crippen molar-refractivity contribution in [2.24, 2.45) is 0 Å². The maximum atomic E-state index is 12.1. The van der Waals surface area contributed by atoms with Crippen LogP contribution < -0.4 is 10.2 Å². The summed E-state index contributed by atoms with van der Waals surface area (Å²) in [5.74, 6) is 0.821. The van der Waals surface area contributed by atoms with Gasteiger partial charge in [0.1, 0.15) is 5.82 Å². The van der Waals surface area contributed by atoms with E-state index in [0.717, 1.165) is 44.8 Å². The van der Waals surface area contributed by atoms with Crippen molar-refractivity contribution < 1.29 is 9.59 Å². The van der Waals surface area contributed by atoms with Gasteiger partial charge < -0.3 is 15.1 Å². The van der Waals surface area contributed by atoms with Crippen LogP contribution in [0, 0.1) is 0 Å². The predicted molar refractivity (Wildman–Crippen MR) is 95.2 cm³/mol. The van der Waals surface area contributed by atoms with Crippen LogP contribution >= 0.6 is 0 Å². The third-order valence-corrected chi connectivity index (χ3v) is 4.43. The maximum Gasteiger partial charge on any atom is 0.252 e. The summed E-state index contributed by atoms with van der Waals surface area (Å²) in [7, 11) is 0. The lowest BCUT2D eigenvalue weighted by Gasteiger charge is -2.26. The fraction of sp³-hybridized carbons (Fsp3) is 0.611. The van der Waals surface area contributed by atoms with Crippen molar-refractivity contribution in [2.45, 2.75) is 39.5 Å². The van der Waals surface area contributed by atoms with Gasteiger partial charge in [-0.1, -0.05) is 0 Å². The molecule has 1 aliphatic rings. The number of amides is 2. The summed E-state index contributed by atoms with van der Waals surface area (Å²) in [6, 6.07) is 3.64. The van der Waals surface area contributed by atoms with E-state index in [-0.39, 0.29) is 11.8 Å². The van der Waals surface area contributed by atoms with Crippen LogP contribution in [0.2, 0.25) is 0 Å². The Labute approximate surface area is 144 Å². The van der Waals surface area contributed by atoms with Gasteiger partial charge in [-0.05, 0) is 45.2 Å². The molecule has 0 atom stereocenters. The van der Waals surface area contributed by atoms with Crippen molar-refractivity contribution >= 4 is 17.6 Å². The lowest BCUT2D eigenvalue weighted by Crippen LogP contribution is -2.37. The highest BCUT2D eigenvalue weighted by Gasteiger charge is 2.16. The highest BCUT2D eigenvalue weighted by Crippen LogP contribution is 2.11. The summed E-state index contributed by atoms with van der Waals surface area (Å²) >= 11 is 0. The highest BCUT2D eigenvalue weighted by molar-refractivity contribution is 5.94. The molecule has 2 amide bonds. The number of anilines is 1. The van der Waals surface area contributed by atoms with Crippen molar-refractivity contribution in [3.8, 4) is 0 Å². The van der Waals surface area contributed by atoms with Gasteiger partial charge in [0.25, 0.3) is 5.91 Å². The Morgan fingerprint density at radius 3 is 2.46 bits per heavy atom. The fourth-order valence-electron chi connectivity index (χ4n) is 2.94. The Bertz CT molecular complexity index is 534. The zero-order chi connectivity index (χ0) is 17.4. The predicted octanol–water partition coefficient (Wildman–Crippen LogP) is 2.06. The molecule has 24 heavy (non-hydrogen) atoms. The Morgan fingerprint density at radius 2 is 1.88 bits per heavy atom. The van der Waals surface area contributed by atoms with Crippen molar-refractivity contribution in [2.75, 3.05) is 37.6 Å². The quantitative estimate of drug-likeness (QED) is 0.830. The molecule has 0 bridgehead atoms. The molecule has 1 N–H and O–H groups in total. The zero-order valence-electron chi connectivity index (χ0n) is 14.8. The normalized spacial score (nSPS) is 14.3. The summed E-state index contributed by atoms with van der Waals surface area (Å²) in [5.41, 5.74) is 0.524. The molecule has 2 rings (SSSR count). The van der Waals surface area contributed by atoms with Crippen LogP contribution in [-0.2, 0) is 4.79 Å². The lowest BCUT2D eigenvalue weighted by molar-refractivity contribution is -0.131. The minimum absolute atomic E-state index is 0.130. The van der Waals surface area contributed by atoms with Crippen molar-refractivity contribution in [3.63, 3.8) is 0 Å². The first kappa shape index (κ1) is 18.2. The number of aromatic nitrogens is 1. The molecule has 1 aliphatic heterocycles. The highest BCUT2D eigenvalue weighted by atomic mass is 16.2. The van der Waals surface area contributed by atoms with E-state index in [1.165, 1.54) is 6.42 Å². The molecule has 0 unspecified atom stereocenters. The summed E-state index contributed by atoms with van der Waals surface area (Å²) in [6.45, 7) is 7.98. The Morgan fingerprint density at radius 1 is 1.17 bits per heavy atom. The molecular formula is C18H28N4O2. The van der Waals surface area contributed by atoms with Gasteiger partial charge in [0.15, 0.2) is 0 Å². The number of carbonyl (C=O) groups is 2.